The van der Waals surface area contributed by atoms with Crippen molar-refractivity contribution in [1.82, 2.24) is 10.2 Å². The molecule has 1 aliphatic rings. The van der Waals surface area contributed by atoms with Gasteiger partial charge < -0.3 is 28.8 Å². The standard InChI is InChI=1S/C24H26N2O7/c1-29-16-6-4-14(5-7-16)10-18-22(24(28)26-25-18)17(13-21(27)31-3)15-11-19(30-2)23-20(12-15)32-8-9-33-23/h4-7,11-12,17H,8-10,13H2,1-3H3,(H2,25,26,28)/t17-/m0/s1. The molecule has 2 N–H and O–H groups in total. The quantitative estimate of drug-likeness (QED) is 0.504. The van der Waals surface area contributed by atoms with Crippen LogP contribution in [0.25, 0.3) is 0 Å². The van der Waals surface area contributed by atoms with E-state index in [1.165, 1.54) is 14.2 Å². The molecule has 0 saturated carbocycles. The minimum atomic E-state index is -0.592. The molecule has 1 aromatic heterocycles. The molecule has 1 aliphatic heterocycles. The molecule has 1 atom stereocenters. The van der Waals surface area contributed by atoms with Gasteiger partial charge in [-0.3, -0.25) is 14.7 Å². The minimum Gasteiger partial charge on any atom is -0.497 e. The number of carbonyl (C=O) groups excluding carboxylic acids is 1. The first kappa shape index (κ1) is 22.3. The number of fused-ring (bicyclic) bond motifs is 1. The van der Waals surface area contributed by atoms with Crippen molar-refractivity contribution >= 4 is 5.97 Å². The van der Waals surface area contributed by atoms with Crippen molar-refractivity contribution in [1.29, 1.82) is 0 Å². The van der Waals surface area contributed by atoms with Gasteiger partial charge in [0.2, 0.25) is 5.75 Å². The highest BCUT2D eigenvalue weighted by Gasteiger charge is 2.29. The van der Waals surface area contributed by atoms with Gasteiger partial charge in [0.05, 0.1) is 27.8 Å². The zero-order valence-corrected chi connectivity index (χ0v) is 18.7. The van der Waals surface area contributed by atoms with Crippen molar-refractivity contribution in [2.75, 3.05) is 34.5 Å². The predicted octanol–water partition coefficient (Wildman–Crippen LogP) is 2.78. The Morgan fingerprint density at radius 3 is 2.48 bits per heavy atom. The number of aromatic amines is 2. The summed E-state index contributed by atoms with van der Waals surface area (Å²) in [6, 6.07) is 11.1. The van der Waals surface area contributed by atoms with Crippen LogP contribution in [-0.4, -0.2) is 50.7 Å². The number of esters is 1. The Balaban J connectivity index is 1.78. The van der Waals surface area contributed by atoms with Crippen LogP contribution in [0.4, 0.5) is 0 Å². The number of benzene rings is 2. The van der Waals surface area contributed by atoms with Crippen LogP contribution < -0.4 is 24.5 Å². The number of carbonyl (C=O) groups is 1. The molecule has 0 aliphatic carbocycles. The molecule has 2 aromatic carbocycles. The van der Waals surface area contributed by atoms with Gasteiger partial charge in [-0.05, 0) is 35.4 Å². The van der Waals surface area contributed by atoms with E-state index < -0.39 is 11.9 Å². The lowest BCUT2D eigenvalue weighted by Gasteiger charge is -2.24. The molecule has 33 heavy (non-hydrogen) atoms. The van der Waals surface area contributed by atoms with E-state index in [2.05, 4.69) is 10.2 Å². The van der Waals surface area contributed by atoms with Gasteiger partial charge in [0.1, 0.15) is 19.0 Å². The maximum Gasteiger partial charge on any atom is 0.306 e. The topological polar surface area (TPSA) is 112 Å². The maximum absolute atomic E-state index is 12.9. The first-order valence-corrected chi connectivity index (χ1v) is 10.5. The summed E-state index contributed by atoms with van der Waals surface area (Å²) in [7, 11) is 4.46. The number of methoxy groups -OCH3 is 3. The maximum atomic E-state index is 12.9. The number of aromatic nitrogens is 2. The average molecular weight is 454 g/mol. The van der Waals surface area contributed by atoms with Crippen molar-refractivity contribution < 1.29 is 28.5 Å². The predicted molar refractivity (Wildman–Crippen MR) is 120 cm³/mol. The third-order valence-corrected chi connectivity index (χ3v) is 5.64. The SMILES string of the molecule is COC(=O)C[C@@H](c1cc(OC)c2c(c1)OCCO2)c1c(Cc2ccc(OC)cc2)[nH][nH]c1=O. The Labute approximate surface area is 190 Å². The van der Waals surface area contributed by atoms with Crippen molar-refractivity contribution in [2.24, 2.45) is 0 Å². The van der Waals surface area contributed by atoms with Crippen LogP contribution in [0, 0.1) is 0 Å². The lowest BCUT2D eigenvalue weighted by atomic mass is 9.87. The molecule has 0 radical (unpaired) electrons. The van der Waals surface area contributed by atoms with Crippen molar-refractivity contribution in [3.05, 3.63) is 69.1 Å². The zero-order chi connectivity index (χ0) is 23.4. The third-order valence-electron chi connectivity index (χ3n) is 5.64. The van der Waals surface area contributed by atoms with Gasteiger partial charge in [-0.2, -0.15) is 0 Å². The number of hydrogen-bond donors (Lipinski definition) is 2. The minimum absolute atomic E-state index is 0.0319. The van der Waals surface area contributed by atoms with E-state index in [4.69, 9.17) is 23.7 Å². The molecule has 0 spiro atoms. The van der Waals surface area contributed by atoms with Gasteiger partial charge in [-0.15, -0.1) is 0 Å². The molecule has 2 heterocycles. The van der Waals surface area contributed by atoms with Crippen LogP contribution in [0.3, 0.4) is 0 Å². The Hall–Kier alpha value is -3.88. The van der Waals surface area contributed by atoms with Crippen LogP contribution in [-0.2, 0) is 16.0 Å². The largest absolute Gasteiger partial charge is 0.497 e. The van der Waals surface area contributed by atoms with Crippen LogP contribution in [0.1, 0.15) is 34.7 Å². The highest BCUT2D eigenvalue weighted by molar-refractivity contribution is 5.72. The lowest BCUT2D eigenvalue weighted by Crippen LogP contribution is -2.20. The van der Waals surface area contributed by atoms with Gasteiger partial charge >= 0.3 is 5.97 Å². The van der Waals surface area contributed by atoms with E-state index in [-0.39, 0.29) is 12.0 Å². The second kappa shape index (κ2) is 9.72. The summed E-state index contributed by atoms with van der Waals surface area (Å²) in [6.45, 7) is 0.812. The highest BCUT2D eigenvalue weighted by Crippen LogP contribution is 2.43. The summed E-state index contributed by atoms with van der Waals surface area (Å²) in [6.07, 6.45) is 0.424. The van der Waals surface area contributed by atoms with Crippen LogP contribution in [0.15, 0.2) is 41.2 Å². The van der Waals surface area contributed by atoms with E-state index in [1.807, 2.05) is 24.3 Å². The van der Waals surface area contributed by atoms with Gasteiger partial charge in [0.25, 0.3) is 5.56 Å². The fraction of sp³-hybridized carbons (Fsp3) is 0.333. The van der Waals surface area contributed by atoms with Crippen molar-refractivity contribution in [3.63, 3.8) is 0 Å². The Morgan fingerprint density at radius 2 is 1.79 bits per heavy atom. The fourth-order valence-electron chi connectivity index (χ4n) is 3.99. The van der Waals surface area contributed by atoms with E-state index in [0.717, 1.165) is 11.3 Å². The molecule has 9 heteroatoms. The number of rotatable bonds is 8. The second-order valence-corrected chi connectivity index (χ2v) is 7.58. The molecule has 9 nitrogen and oxygen atoms in total. The number of nitrogens with one attached hydrogen (secondary N) is 2. The zero-order valence-electron chi connectivity index (χ0n) is 18.7. The van der Waals surface area contributed by atoms with Gasteiger partial charge in [0.15, 0.2) is 11.5 Å². The van der Waals surface area contributed by atoms with Crippen LogP contribution >= 0.6 is 0 Å². The molecule has 4 rings (SSSR count). The highest BCUT2D eigenvalue weighted by atomic mass is 16.6. The molecular formula is C24H26N2O7. The Morgan fingerprint density at radius 1 is 1.03 bits per heavy atom. The number of ether oxygens (including phenoxy) is 5. The lowest BCUT2D eigenvalue weighted by molar-refractivity contribution is -0.140. The molecule has 0 unspecified atom stereocenters. The summed E-state index contributed by atoms with van der Waals surface area (Å²) in [5.74, 6) is 1.20. The number of hydrogen-bond acceptors (Lipinski definition) is 7. The van der Waals surface area contributed by atoms with Crippen molar-refractivity contribution in [2.45, 2.75) is 18.8 Å². The fourth-order valence-corrected chi connectivity index (χ4v) is 3.99. The summed E-state index contributed by atoms with van der Waals surface area (Å²) in [4.78, 5) is 25.3. The first-order chi connectivity index (χ1) is 16.0. The average Bonchev–Trinajstić information content (AvgIpc) is 3.21. The molecule has 0 amide bonds. The Bertz CT molecular complexity index is 1160. The second-order valence-electron chi connectivity index (χ2n) is 7.58. The Kier molecular flexibility index (Phi) is 6.58. The summed E-state index contributed by atoms with van der Waals surface area (Å²) < 4.78 is 27.1. The van der Waals surface area contributed by atoms with Gasteiger partial charge in [-0.1, -0.05) is 12.1 Å². The summed E-state index contributed by atoms with van der Waals surface area (Å²) in [5.41, 5.74) is 2.48. The first-order valence-electron chi connectivity index (χ1n) is 10.5. The molecule has 0 bridgehead atoms. The van der Waals surface area contributed by atoms with Crippen LogP contribution in [0.5, 0.6) is 23.0 Å². The van der Waals surface area contributed by atoms with E-state index in [9.17, 15) is 9.59 Å². The van der Waals surface area contributed by atoms with E-state index >= 15 is 0 Å². The van der Waals surface area contributed by atoms with Gasteiger partial charge in [-0.25, -0.2) is 0 Å². The summed E-state index contributed by atoms with van der Waals surface area (Å²) in [5, 5.41) is 5.64. The molecular weight excluding hydrogens is 428 g/mol. The van der Waals surface area contributed by atoms with Crippen LogP contribution in [0.2, 0.25) is 0 Å². The van der Waals surface area contributed by atoms with Crippen molar-refractivity contribution in [3.8, 4) is 23.0 Å². The molecule has 3 aromatic rings. The molecule has 0 fully saturated rings. The molecule has 0 saturated heterocycles. The third kappa shape index (κ3) is 4.67. The van der Waals surface area contributed by atoms with E-state index in [0.29, 0.717) is 53.7 Å². The smallest absolute Gasteiger partial charge is 0.306 e. The number of H-pyrrole nitrogens is 2. The monoisotopic (exact) mass is 454 g/mol. The molecule has 174 valence electrons. The van der Waals surface area contributed by atoms with Gasteiger partial charge in [0, 0.05) is 23.6 Å². The van der Waals surface area contributed by atoms with E-state index in [1.54, 1.807) is 19.2 Å². The summed E-state index contributed by atoms with van der Waals surface area (Å²) >= 11 is 0. The normalized spacial score (nSPS) is 13.3.